The molecule has 0 aromatic heterocycles. The van der Waals surface area contributed by atoms with Gasteiger partial charge in [-0.2, -0.15) is 0 Å². The number of amides is 2. The molecule has 0 saturated carbocycles. The summed E-state index contributed by atoms with van der Waals surface area (Å²) in [5.74, 6) is 0.544. The average molecular weight is 248 g/mol. The fraction of sp³-hybridized carbons (Fsp3) is 0.385. The Morgan fingerprint density at radius 2 is 2.39 bits per heavy atom. The molecule has 0 aliphatic carbocycles. The highest BCUT2D eigenvalue weighted by Crippen LogP contribution is 2.12. The maximum absolute atomic E-state index is 11.9. The summed E-state index contributed by atoms with van der Waals surface area (Å²) in [4.78, 5) is 22.9. The first-order chi connectivity index (χ1) is 8.69. The van der Waals surface area contributed by atoms with E-state index in [0.717, 1.165) is 6.42 Å². The molecule has 1 fully saturated rings. The molecule has 1 heterocycles. The maximum Gasteiger partial charge on any atom is 0.251 e. The molecule has 5 heteroatoms. The van der Waals surface area contributed by atoms with Crippen LogP contribution >= 0.6 is 0 Å². The lowest BCUT2D eigenvalue weighted by Gasteiger charge is -2.11. The molecule has 1 saturated heterocycles. The quantitative estimate of drug-likeness (QED) is 0.824. The predicted molar refractivity (Wildman–Crippen MR) is 66.5 cm³/mol. The van der Waals surface area contributed by atoms with Crippen molar-refractivity contribution in [1.82, 2.24) is 10.6 Å². The van der Waals surface area contributed by atoms with Gasteiger partial charge in [-0.05, 0) is 24.6 Å². The Morgan fingerprint density at radius 1 is 1.56 bits per heavy atom. The van der Waals surface area contributed by atoms with E-state index in [1.165, 1.54) is 0 Å². The van der Waals surface area contributed by atoms with E-state index in [1.54, 1.807) is 31.4 Å². The van der Waals surface area contributed by atoms with Gasteiger partial charge in [-0.15, -0.1) is 0 Å². The summed E-state index contributed by atoms with van der Waals surface area (Å²) in [7, 11) is 1.56. The highest BCUT2D eigenvalue weighted by molar-refractivity contribution is 5.94. The standard InChI is InChI=1S/C13H16N2O3/c1-18-11-4-2-3-9(7-11)13(17)14-8-10-5-6-12(16)15-10/h2-4,7,10H,5-6,8H2,1H3,(H,14,17)(H,15,16). The summed E-state index contributed by atoms with van der Waals surface area (Å²) in [5.41, 5.74) is 0.554. The maximum atomic E-state index is 11.9. The van der Waals surface area contributed by atoms with Crippen molar-refractivity contribution in [1.29, 1.82) is 0 Å². The molecule has 0 bridgehead atoms. The van der Waals surface area contributed by atoms with E-state index in [1.807, 2.05) is 0 Å². The van der Waals surface area contributed by atoms with Crippen LogP contribution in [0, 0.1) is 0 Å². The number of hydrogen-bond donors (Lipinski definition) is 2. The third kappa shape index (κ3) is 3.00. The van der Waals surface area contributed by atoms with Gasteiger partial charge in [-0.25, -0.2) is 0 Å². The molecular formula is C13H16N2O3. The molecule has 5 nitrogen and oxygen atoms in total. The molecule has 18 heavy (non-hydrogen) atoms. The lowest BCUT2D eigenvalue weighted by molar-refractivity contribution is -0.119. The molecule has 1 unspecified atom stereocenters. The van der Waals surface area contributed by atoms with Gasteiger partial charge in [0.25, 0.3) is 5.91 Å². The number of carbonyl (C=O) groups excluding carboxylic acids is 2. The Bertz CT molecular complexity index is 459. The minimum atomic E-state index is -0.157. The SMILES string of the molecule is COc1cccc(C(=O)NCC2CCC(=O)N2)c1. The Labute approximate surface area is 106 Å². The van der Waals surface area contributed by atoms with E-state index in [-0.39, 0.29) is 17.9 Å². The van der Waals surface area contributed by atoms with Gasteiger partial charge in [0.15, 0.2) is 0 Å². The van der Waals surface area contributed by atoms with Crippen LogP contribution in [0.3, 0.4) is 0 Å². The van der Waals surface area contributed by atoms with E-state index in [9.17, 15) is 9.59 Å². The highest BCUT2D eigenvalue weighted by Gasteiger charge is 2.21. The number of hydrogen-bond acceptors (Lipinski definition) is 3. The third-order valence-corrected chi connectivity index (χ3v) is 2.93. The van der Waals surface area contributed by atoms with Crippen LogP contribution in [0.25, 0.3) is 0 Å². The molecule has 2 amide bonds. The van der Waals surface area contributed by atoms with Gasteiger partial charge in [-0.1, -0.05) is 6.07 Å². The molecule has 1 aliphatic rings. The molecule has 0 spiro atoms. The molecular weight excluding hydrogens is 232 g/mol. The Balaban J connectivity index is 1.89. The Hall–Kier alpha value is -2.04. The highest BCUT2D eigenvalue weighted by atomic mass is 16.5. The number of rotatable bonds is 4. The van der Waals surface area contributed by atoms with Crippen LogP contribution in [0.4, 0.5) is 0 Å². The molecule has 1 aliphatic heterocycles. The Morgan fingerprint density at radius 3 is 3.06 bits per heavy atom. The van der Waals surface area contributed by atoms with E-state index >= 15 is 0 Å². The van der Waals surface area contributed by atoms with Crippen molar-refractivity contribution in [2.24, 2.45) is 0 Å². The minimum Gasteiger partial charge on any atom is -0.497 e. The topological polar surface area (TPSA) is 67.4 Å². The van der Waals surface area contributed by atoms with Gasteiger partial charge < -0.3 is 15.4 Å². The fourth-order valence-electron chi connectivity index (χ4n) is 1.91. The van der Waals surface area contributed by atoms with Crippen molar-refractivity contribution < 1.29 is 14.3 Å². The summed E-state index contributed by atoms with van der Waals surface area (Å²) >= 11 is 0. The monoisotopic (exact) mass is 248 g/mol. The summed E-state index contributed by atoms with van der Waals surface area (Å²) in [5, 5.41) is 5.61. The second kappa shape index (κ2) is 5.53. The van der Waals surface area contributed by atoms with Crippen LogP contribution in [0.5, 0.6) is 5.75 Å². The summed E-state index contributed by atoms with van der Waals surface area (Å²) in [6, 6.07) is 7.01. The minimum absolute atomic E-state index is 0.0482. The summed E-state index contributed by atoms with van der Waals surface area (Å²) < 4.78 is 5.06. The normalized spacial score (nSPS) is 18.3. The van der Waals surface area contributed by atoms with Gasteiger partial charge in [0.2, 0.25) is 5.91 Å². The van der Waals surface area contributed by atoms with Crippen LogP contribution in [0.1, 0.15) is 23.2 Å². The first kappa shape index (κ1) is 12.4. The van der Waals surface area contributed by atoms with Crippen molar-refractivity contribution >= 4 is 11.8 Å². The second-order valence-corrected chi connectivity index (χ2v) is 4.25. The van der Waals surface area contributed by atoms with Crippen molar-refractivity contribution in [3.05, 3.63) is 29.8 Å². The summed E-state index contributed by atoms with van der Waals surface area (Å²) in [6.45, 7) is 0.460. The lowest BCUT2D eigenvalue weighted by atomic mass is 10.2. The van der Waals surface area contributed by atoms with Crippen LogP contribution in [-0.2, 0) is 4.79 Å². The van der Waals surface area contributed by atoms with E-state index < -0.39 is 0 Å². The van der Waals surface area contributed by atoms with Crippen molar-refractivity contribution in [3.63, 3.8) is 0 Å². The Kier molecular flexibility index (Phi) is 3.82. The summed E-state index contributed by atoms with van der Waals surface area (Å²) in [6.07, 6.45) is 1.32. The predicted octanol–water partition coefficient (Wildman–Crippen LogP) is 0.704. The molecule has 2 N–H and O–H groups in total. The average Bonchev–Trinajstić information content (AvgIpc) is 2.82. The number of carbonyl (C=O) groups is 2. The van der Waals surface area contributed by atoms with Crippen molar-refractivity contribution in [3.8, 4) is 5.75 Å². The van der Waals surface area contributed by atoms with Gasteiger partial charge in [0, 0.05) is 24.6 Å². The van der Waals surface area contributed by atoms with E-state index in [4.69, 9.17) is 4.74 Å². The molecule has 1 aromatic carbocycles. The third-order valence-electron chi connectivity index (χ3n) is 2.93. The second-order valence-electron chi connectivity index (χ2n) is 4.25. The number of benzene rings is 1. The molecule has 1 atom stereocenters. The van der Waals surface area contributed by atoms with Gasteiger partial charge >= 0.3 is 0 Å². The van der Waals surface area contributed by atoms with E-state index in [2.05, 4.69) is 10.6 Å². The van der Waals surface area contributed by atoms with Gasteiger partial charge in [0.1, 0.15) is 5.75 Å². The molecule has 96 valence electrons. The van der Waals surface area contributed by atoms with Crippen molar-refractivity contribution in [2.45, 2.75) is 18.9 Å². The zero-order valence-corrected chi connectivity index (χ0v) is 10.2. The smallest absolute Gasteiger partial charge is 0.251 e. The largest absolute Gasteiger partial charge is 0.497 e. The number of nitrogens with one attached hydrogen (secondary N) is 2. The molecule has 2 rings (SSSR count). The van der Waals surface area contributed by atoms with E-state index in [0.29, 0.717) is 24.3 Å². The van der Waals surface area contributed by atoms with Crippen LogP contribution in [0.2, 0.25) is 0 Å². The number of ether oxygens (including phenoxy) is 1. The fourth-order valence-corrected chi connectivity index (χ4v) is 1.91. The number of methoxy groups -OCH3 is 1. The van der Waals surface area contributed by atoms with Gasteiger partial charge in [0.05, 0.1) is 7.11 Å². The van der Waals surface area contributed by atoms with Gasteiger partial charge in [-0.3, -0.25) is 9.59 Å². The first-order valence-corrected chi connectivity index (χ1v) is 5.90. The lowest BCUT2D eigenvalue weighted by Crippen LogP contribution is -2.38. The zero-order chi connectivity index (χ0) is 13.0. The van der Waals surface area contributed by atoms with Crippen LogP contribution < -0.4 is 15.4 Å². The first-order valence-electron chi connectivity index (χ1n) is 5.90. The molecule has 0 radical (unpaired) electrons. The van der Waals surface area contributed by atoms with Crippen LogP contribution in [0.15, 0.2) is 24.3 Å². The molecule has 1 aromatic rings. The zero-order valence-electron chi connectivity index (χ0n) is 10.2. The van der Waals surface area contributed by atoms with Crippen LogP contribution in [-0.4, -0.2) is 31.5 Å². The van der Waals surface area contributed by atoms with Crippen molar-refractivity contribution in [2.75, 3.05) is 13.7 Å².